The molecule has 2 rings (SSSR count). The molecule has 1 aliphatic carbocycles. The molecule has 23 heavy (non-hydrogen) atoms. The third-order valence-corrected chi connectivity index (χ3v) is 3.80. The monoisotopic (exact) mass is 315 g/mol. The number of nitrogens with zero attached hydrogens (tertiary/aromatic N) is 1. The highest BCUT2D eigenvalue weighted by Gasteiger charge is 2.19. The minimum absolute atomic E-state index is 0.159. The summed E-state index contributed by atoms with van der Waals surface area (Å²) in [7, 11) is 0. The van der Waals surface area contributed by atoms with Crippen LogP contribution in [0.15, 0.2) is 51.7 Å². The molecule has 1 atom stereocenters. The van der Waals surface area contributed by atoms with E-state index in [9.17, 15) is 9.59 Å². The summed E-state index contributed by atoms with van der Waals surface area (Å²) in [6, 6.07) is 3.43. The molecule has 1 heterocycles. The van der Waals surface area contributed by atoms with Gasteiger partial charge in [0.05, 0.1) is 18.5 Å². The maximum absolute atomic E-state index is 11.8. The molecule has 0 bridgehead atoms. The second-order valence-corrected chi connectivity index (χ2v) is 5.63. The minimum Gasteiger partial charge on any atom is -0.467 e. The molecule has 1 aliphatic rings. The summed E-state index contributed by atoms with van der Waals surface area (Å²) >= 11 is 0. The summed E-state index contributed by atoms with van der Waals surface area (Å²) in [6.45, 7) is 8.05. The molecule has 0 radical (unpaired) electrons. The van der Waals surface area contributed by atoms with Gasteiger partial charge >= 0.3 is 11.8 Å². The number of carbonyl (C=O) groups excluding carboxylic acids is 2. The quantitative estimate of drug-likeness (QED) is 0.508. The zero-order valence-corrected chi connectivity index (χ0v) is 13.4. The second kappa shape index (κ2) is 7.58. The number of amides is 2. The number of hydrogen-bond acceptors (Lipinski definition) is 4. The van der Waals surface area contributed by atoms with E-state index in [0.717, 1.165) is 23.3 Å². The highest BCUT2D eigenvalue weighted by Crippen LogP contribution is 2.26. The zero-order valence-electron chi connectivity index (χ0n) is 13.4. The molecule has 0 saturated carbocycles. The van der Waals surface area contributed by atoms with Gasteiger partial charge in [0, 0.05) is 0 Å². The second-order valence-electron chi connectivity index (χ2n) is 5.63. The molecule has 2 amide bonds. The van der Waals surface area contributed by atoms with Crippen molar-refractivity contribution in [2.75, 3.05) is 0 Å². The predicted molar refractivity (Wildman–Crippen MR) is 87.4 cm³/mol. The van der Waals surface area contributed by atoms with Crippen molar-refractivity contribution >= 4 is 17.5 Å². The van der Waals surface area contributed by atoms with Gasteiger partial charge in [-0.25, -0.2) is 5.43 Å². The van der Waals surface area contributed by atoms with Crippen molar-refractivity contribution in [3.63, 3.8) is 0 Å². The molecule has 6 heteroatoms. The Kier molecular flexibility index (Phi) is 5.51. The Labute approximate surface area is 135 Å². The zero-order chi connectivity index (χ0) is 16.8. The molecule has 0 aromatic carbocycles. The van der Waals surface area contributed by atoms with E-state index >= 15 is 0 Å². The number of nitrogens with one attached hydrogen (secondary N) is 2. The van der Waals surface area contributed by atoms with E-state index in [0.29, 0.717) is 18.1 Å². The topological polar surface area (TPSA) is 83.7 Å². The van der Waals surface area contributed by atoms with Gasteiger partial charge in [0.2, 0.25) is 0 Å². The Hall–Kier alpha value is -2.63. The normalized spacial score (nSPS) is 19.1. The molecule has 0 spiro atoms. The standard InChI is InChI=1S/C17H21N3O3/c1-11(2)13-7-6-12(3)15(9-13)19-20-17(22)16(21)18-10-14-5-4-8-23-14/h4-6,8,13H,1,7,9-10H2,2-3H3,(H,18,21)(H,20,22)/b19-15-/t13-/m1/s1. The fraction of sp³-hybridized carbons (Fsp3) is 0.353. The lowest BCUT2D eigenvalue weighted by Crippen LogP contribution is -2.38. The van der Waals surface area contributed by atoms with Crippen LogP contribution in [0, 0.1) is 5.92 Å². The van der Waals surface area contributed by atoms with Crippen molar-refractivity contribution in [2.45, 2.75) is 33.2 Å². The number of hydrogen-bond donors (Lipinski definition) is 2. The average molecular weight is 315 g/mol. The SMILES string of the molecule is C=C(C)[C@@H]1CC=C(C)/C(=N\NC(=O)C(=O)NCc2ccco2)C1. The Balaban J connectivity index is 1.89. The van der Waals surface area contributed by atoms with Crippen LogP contribution in [0.1, 0.15) is 32.4 Å². The molecule has 0 aliphatic heterocycles. The van der Waals surface area contributed by atoms with E-state index < -0.39 is 11.8 Å². The summed E-state index contributed by atoms with van der Waals surface area (Å²) in [5.74, 6) is -0.649. The summed E-state index contributed by atoms with van der Waals surface area (Å²) in [6.07, 6.45) is 5.22. The lowest BCUT2D eigenvalue weighted by molar-refractivity contribution is -0.139. The van der Waals surface area contributed by atoms with Crippen LogP contribution in [0.3, 0.4) is 0 Å². The maximum Gasteiger partial charge on any atom is 0.329 e. The van der Waals surface area contributed by atoms with Crippen molar-refractivity contribution in [1.82, 2.24) is 10.7 Å². The first-order valence-corrected chi connectivity index (χ1v) is 7.47. The molecule has 1 aromatic heterocycles. The highest BCUT2D eigenvalue weighted by molar-refractivity contribution is 6.35. The maximum atomic E-state index is 11.8. The van der Waals surface area contributed by atoms with Crippen molar-refractivity contribution in [3.05, 3.63) is 48.0 Å². The summed E-state index contributed by atoms with van der Waals surface area (Å²) in [5.41, 5.74) is 5.18. The van der Waals surface area contributed by atoms with E-state index in [4.69, 9.17) is 4.42 Å². The van der Waals surface area contributed by atoms with Gasteiger partial charge in [0.25, 0.3) is 0 Å². The van der Waals surface area contributed by atoms with Crippen LogP contribution in [-0.2, 0) is 16.1 Å². The van der Waals surface area contributed by atoms with Crippen LogP contribution >= 0.6 is 0 Å². The van der Waals surface area contributed by atoms with E-state index in [1.165, 1.54) is 6.26 Å². The molecule has 1 aromatic rings. The molecule has 0 saturated heterocycles. The number of rotatable bonds is 4. The van der Waals surface area contributed by atoms with Gasteiger partial charge in [-0.15, -0.1) is 0 Å². The smallest absolute Gasteiger partial charge is 0.329 e. The number of hydrazone groups is 1. The van der Waals surface area contributed by atoms with Gasteiger partial charge in [-0.1, -0.05) is 18.2 Å². The van der Waals surface area contributed by atoms with Gasteiger partial charge in [0.1, 0.15) is 5.76 Å². The molecular weight excluding hydrogens is 294 g/mol. The fourth-order valence-corrected chi connectivity index (χ4v) is 2.25. The minimum atomic E-state index is -0.797. The van der Waals surface area contributed by atoms with E-state index in [-0.39, 0.29) is 6.54 Å². The van der Waals surface area contributed by atoms with Gasteiger partial charge < -0.3 is 9.73 Å². The number of furan rings is 1. The fourth-order valence-electron chi connectivity index (χ4n) is 2.25. The Morgan fingerprint density at radius 1 is 1.43 bits per heavy atom. The molecule has 122 valence electrons. The Morgan fingerprint density at radius 3 is 2.87 bits per heavy atom. The van der Waals surface area contributed by atoms with Gasteiger partial charge in [-0.3, -0.25) is 9.59 Å². The lowest BCUT2D eigenvalue weighted by Gasteiger charge is -2.22. The van der Waals surface area contributed by atoms with E-state index in [2.05, 4.69) is 28.5 Å². The molecule has 2 N–H and O–H groups in total. The third kappa shape index (κ3) is 4.67. The van der Waals surface area contributed by atoms with Crippen LogP contribution in [-0.4, -0.2) is 17.5 Å². The first-order valence-electron chi connectivity index (χ1n) is 7.47. The lowest BCUT2D eigenvalue weighted by atomic mass is 9.85. The Morgan fingerprint density at radius 2 is 2.22 bits per heavy atom. The highest BCUT2D eigenvalue weighted by atomic mass is 16.3. The summed E-state index contributed by atoms with van der Waals surface area (Å²) < 4.78 is 5.08. The summed E-state index contributed by atoms with van der Waals surface area (Å²) in [4.78, 5) is 23.5. The molecule has 6 nitrogen and oxygen atoms in total. The van der Waals surface area contributed by atoms with Crippen LogP contribution in [0.2, 0.25) is 0 Å². The first kappa shape index (κ1) is 16.7. The summed E-state index contributed by atoms with van der Waals surface area (Å²) in [5, 5.41) is 6.55. The van der Waals surface area contributed by atoms with Crippen LogP contribution in [0.4, 0.5) is 0 Å². The Bertz CT molecular complexity index is 657. The van der Waals surface area contributed by atoms with Crippen molar-refractivity contribution in [2.24, 2.45) is 11.0 Å². The van der Waals surface area contributed by atoms with Crippen molar-refractivity contribution in [3.8, 4) is 0 Å². The largest absolute Gasteiger partial charge is 0.467 e. The van der Waals surface area contributed by atoms with Crippen molar-refractivity contribution < 1.29 is 14.0 Å². The molecule has 0 fully saturated rings. The van der Waals surface area contributed by atoms with Gasteiger partial charge in [-0.05, 0) is 50.3 Å². The van der Waals surface area contributed by atoms with Gasteiger partial charge in [-0.2, -0.15) is 5.10 Å². The van der Waals surface area contributed by atoms with Crippen LogP contribution < -0.4 is 10.7 Å². The van der Waals surface area contributed by atoms with Gasteiger partial charge in [0.15, 0.2) is 0 Å². The molecular formula is C17H21N3O3. The number of carbonyl (C=O) groups is 2. The van der Waals surface area contributed by atoms with E-state index in [1.807, 2.05) is 13.8 Å². The third-order valence-electron chi connectivity index (χ3n) is 3.80. The average Bonchev–Trinajstić information content (AvgIpc) is 3.04. The van der Waals surface area contributed by atoms with Crippen LogP contribution in [0.5, 0.6) is 0 Å². The number of allylic oxidation sites excluding steroid dienone is 3. The van der Waals surface area contributed by atoms with E-state index in [1.54, 1.807) is 12.1 Å². The molecule has 0 unspecified atom stereocenters. The van der Waals surface area contributed by atoms with Crippen LogP contribution in [0.25, 0.3) is 0 Å². The first-order chi connectivity index (χ1) is 11.0. The van der Waals surface area contributed by atoms with Crippen molar-refractivity contribution in [1.29, 1.82) is 0 Å². The predicted octanol–water partition coefficient (Wildman–Crippen LogP) is 2.30.